The molecular weight excluding hydrogens is 404 g/mol. The van der Waals surface area contributed by atoms with Crippen molar-refractivity contribution in [1.82, 2.24) is 19.7 Å². The van der Waals surface area contributed by atoms with Crippen molar-refractivity contribution in [2.24, 2.45) is 7.05 Å². The lowest BCUT2D eigenvalue weighted by Gasteiger charge is -2.12. The van der Waals surface area contributed by atoms with Gasteiger partial charge in [0.1, 0.15) is 18.1 Å². The Balaban J connectivity index is 1.27. The van der Waals surface area contributed by atoms with Crippen molar-refractivity contribution in [1.29, 1.82) is 0 Å². The SMILES string of the molecule is COc1cc(Oc2ccnc(-c3cnn(C)c3)c2)cnc1OCc1ccc(C2CC2)cc1. The third-order valence-electron chi connectivity index (χ3n) is 5.38. The van der Waals surface area contributed by atoms with E-state index in [9.17, 15) is 0 Å². The van der Waals surface area contributed by atoms with Crippen LogP contribution in [0, 0.1) is 0 Å². The molecule has 162 valence electrons. The van der Waals surface area contributed by atoms with Crippen LogP contribution in [0.2, 0.25) is 0 Å². The molecule has 1 aromatic carbocycles. The summed E-state index contributed by atoms with van der Waals surface area (Å²) in [5, 5.41) is 4.19. The molecule has 32 heavy (non-hydrogen) atoms. The van der Waals surface area contributed by atoms with Crippen molar-refractivity contribution in [3.8, 4) is 34.4 Å². The van der Waals surface area contributed by atoms with Gasteiger partial charge in [0.05, 0.1) is 25.2 Å². The van der Waals surface area contributed by atoms with Gasteiger partial charge in [-0.1, -0.05) is 24.3 Å². The van der Waals surface area contributed by atoms with Gasteiger partial charge in [0.15, 0.2) is 5.75 Å². The van der Waals surface area contributed by atoms with Crippen LogP contribution in [0.1, 0.15) is 29.9 Å². The molecule has 0 radical (unpaired) electrons. The zero-order valence-corrected chi connectivity index (χ0v) is 18.1. The lowest BCUT2D eigenvalue weighted by molar-refractivity contribution is 0.271. The summed E-state index contributed by atoms with van der Waals surface area (Å²) in [4.78, 5) is 8.79. The van der Waals surface area contributed by atoms with E-state index in [-0.39, 0.29) is 0 Å². The first kappa shape index (κ1) is 20.1. The molecule has 0 unspecified atom stereocenters. The number of pyridine rings is 2. The van der Waals surface area contributed by atoms with Gasteiger partial charge in [0.25, 0.3) is 5.88 Å². The zero-order chi connectivity index (χ0) is 21.9. The number of aromatic nitrogens is 4. The highest BCUT2D eigenvalue weighted by Crippen LogP contribution is 2.40. The van der Waals surface area contributed by atoms with Crippen LogP contribution in [0.3, 0.4) is 0 Å². The molecule has 0 amide bonds. The summed E-state index contributed by atoms with van der Waals surface area (Å²) in [5.74, 6) is 2.88. The van der Waals surface area contributed by atoms with E-state index in [1.165, 1.54) is 18.4 Å². The molecule has 1 aliphatic carbocycles. The third kappa shape index (κ3) is 4.56. The first-order valence-corrected chi connectivity index (χ1v) is 10.6. The van der Waals surface area contributed by atoms with E-state index in [4.69, 9.17) is 14.2 Å². The molecule has 0 spiro atoms. The van der Waals surface area contributed by atoms with E-state index >= 15 is 0 Å². The molecule has 0 saturated heterocycles. The fraction of sp³-hybridized carbons (Fsp3) is 0.240. The van der Waals surface area contributed by atoms with Gasteiger partial charge in [0, 0.05) is 37.1 Å². The van der Waals surface area contributed by atoms with E-state index in [2.05, 4.69) is 39.3 Å². The summed E-state index contributed by atoms with van der Waals surface area (Å²) in [6.45, 7) is 0.424. The molecule has 4 aromatic rings. The van der Waals surface area contributed by atoms with Gasteiger partial charge >= 0.3 is 0 Å². The zero-order valence-electron chi connectivity index (χ0n) is 18.1. The van der Waals surface area contributed by atoms with Crippen LogP contribution in [-0.4, -0.2) is 26.9 Å². The van der Waals surface area contributed by atoms with Gasteiger partial charge in [-0.15, -0.1) is 0 Å². The van der Waals surface area contributed by atoms with Crippen LogP contribution < -0.4 is 14.2 Å². The second-order valence-electron chi connectivity index (χ2n) is 7.86. The van der Waals surface area contributed by atoms with Crippen LogP contribution in [-0.2, 0) is 13.7 Å². The highest BCUT2D eigenvalue weighted by atomic mass is 16.5. The summed E-state index contributed by atoms with van der Waals surface area (Å²) in [6, 6.07) is 14.0. The first-order chi connectivity index (χ1) is 15.7. The van der Waals surface area contributed by atoms with Crippen molar-refractivity contribution >= 4 is 0 Å². The van der Waals surface area contributed by atoms with Gasteiger partial charge in [-0.25, -0.2) is 4.98 Å². The molecule has 1 aliphatic rings. The van der Waals surface area contributed by atoms with Crippen LogP contribution in [0.5, 0.6) is 23.1 Å². The normalized spacial score (nSPS) is 13.1. The van der Waals surface area contributed by atoms with Crippen LogP contribution in [0.15, 0.2) is 67.3 Å². The third-order valence-corrected chi connectivity index (χ3v) is 5.38. The highest BCUT2D eigenvalue weighted by molar-refractivity contribution is 5.59. The lowest BCUT2D eigenvalue weighted by Crippen LogP contribution is -2.00. The van der Waals surface area contributed by atoms with E-state index in [0.29, 0.717) is 29.7 Å². The number of rotatable bonds is 8. The molecule has 0 bridgehead atoms. The largest absolute Gasteiger partial charge is 0.491 e. The number of benzene rings is 1. The Labute approximate surface area is 186 Å². The fourth-order valence-electron chi connectivity index (χ4n) is 3.50. The second-order valence-corrected chi connectivity index (χ2v) is 7.86. The molecule has 5 rings (SSSR count). The minimum absolute atomic E-state index is 0.424. The van der Waals surface area contributed by atoms with Crippen LogP contribution in [0.4, 0.5) is 0 Å². The average molecular weight is 428 g/mol. The maximum absolute atomic E-state index is 5.98. The van der Waals surface area contributed by atoms with E-state index < -0.39 is 0 Å². The molecule has 1 fully saturated rings. The Morgan fingerprint density at radius 2 is 1.84 bits per heavy atom. The van der Waals surface area contributed by atoms with E-state index in [0.717, 1.165) is 22.7 Å². The summed E-state index contributed by atoms with van der Waals surface area (Å²) < 4.78 is 19.1. The maximum Gasteiger partial charge on any atom is 0.257 e. The van der Waals surface area contributed by atoms with Crippen LogP contribution in [0.25, 0.3) is 11.3 Å². The second kappa shape index (κ2) is 8.70. The number of hydrogen-bond acceptors (Lipinski definition) is 6. The Kier molecular flexibility index (Phi) is 5.46. The quantitative estimate of drug-likeness (QED) is 0.387. The summed E-state index contributed by atoms with van der Waals surface area (Å²) in [7, 11) is 3.46. The average Bonchev–Trinajstić information content (AvgIpc) is 3.58. The van der Waals surface area contributed by atoms with E-state index in [1.807, 2.05) is 19.3 Å². The van der Waals surface area contributed by atoms with Crippen molar-refractivity contribution in [2.75, 3.05) is 7.11 Å². The predicted octanol–water partition coefficient (Wildman–Crippen LogP) is 5.13. The topological polar surface area (TPSA) is 71.3 Å². The first-order valence-electron chi connectivity index (χ1n) is 10.6. The van der Waals surface area contributed by atoms with Crippen molar-refractivity contribution < 1.29 is 14.2 Å². The molecular formula is C25H24N4O3. The molecule has 1 saturated carbocycles. The maximum atomic E-state index is 5.98. The predicted molar refractivity (Wildman–Crippen MR) is 120 cm³/mol. The van der Waals surface area contributed by atoms with Crippen molar-refractivity contribution in [3.05, 3.63) is 78.4 Å². The monoisotopic (exact) mass is 428 g/mol. The number of methoxy groups -OCH3 is 1. The van der Waals surface area contributed by atoms with Gasteiger partial charge in [-0.2, -0.15) is 5.10 Å². The van der Waals surface area contributed by atoms with Gasteiger partial charge < -0.3 is 14.2 Å². The lowest BCUT2D eigenvalue weighted by atomic mass is 10.1. The number of ether oxygens (including phenoxy) is 3. The summed E-state index contributed by atoms with van der Waals surface area (Å²) in [5.41, 5.74) is 4.21. The Bertz CT molecular complexity index is 1220. The molecule has 0 aliphatic heterocycles. The smallest absolute Gasteiger partial charge is 0.257 e. The molecule has 0 N–H and O–H groups in total. The van der Waals surface area contributed by atoms with Gasteiger partial charge in [0.2, 0.25) is 0 Å². The molecule has 0 atom stereocenters. The minimum atomic E-state index is 0.424. The van der Waals surface area contributed by atoms with Crippen LogP contribution >= 0.6 is 0 Å². The standard InChI is InChI=1S/C25H24N4O3/c1-29-15-20(13-28-29)23-11-21(9-10-26-23)32-22-12-24(30-2)25(27-14-22)31-16-17-3-5-18(6-4-17)19-7-8-19/h3-6,9-15,19H,7-8,16H2,1-2H3. The fourth-order valence-corrected chi connectivity index (χ4v) is 3.50. The Morgan fingerprint density at radius 1 is 1.00 bits per heavy atom. The highest BCUT2D eigenvalue weighted by Gasteiger charge is 2.23. The molecule has 3 heterocycles. The summed E-state index contributed by atoms with van der Waals surface area (Å²) in [6.07, 6.45) is 9.60. The number of hydrogen-bond donors (Lipinski definition) is 0. The molecule has 7 nitrogen and oxygen atoms in total. The van der Waals surface area contributed by atoms with E-state index in [1.54, 1.807) is 42.5 Å². The van der Waals surface area contributed by atoms with Crippen molar-refractivity contribution in [3.63, 3.8) is 0 Å². The molecule has 7 heteroatoms. The van der Waals surface area contributed by atoms with Crippen molar-refractivity contribution in [2.45, 2.75) is 25.4 Å². The van der Waals surface area contributed by atoms with Gasteiger partial charge in [-0.05, 0) is 36.0 Å². The van der Waals surface area contributed by atoms with Gasteiger partial charge in [-0.3, -0.25) is 9.67 Å². The molecule has 3 aromatic heterocycles. The minimum Gasteiger partial charge on any atom is -0.491 e. The number of nitrogens with zero attached hydrogens (tertiary/aromatic N) is 4. The Morgan fingerprint density at radius 3 is 2.56 bits per heavy atom. The Hall–Kier alpha value is -3.87. The number of aryl methyl sites for hydroxylation is 1. The summed E-state index contributed by atoms with van der Waals surface area (Å²) >= 11 is 0.